The Hall–Kier alpha value is -2.16. The number of methoxy groups -OCH3 is 1. The van der Waals surface area contributed by atoms with E-state index in [0.717, 1.165) is 62.9 Å². The Labute approximate surface area is 173 Å². The van der Waals surface area contributed by atoms with Crippen molar-refractivity contribution in [2.24, 2.45) is 18.0 Å². The molecule has 3 rings (SSSR count). The van der Waals surface area contributed by atoms with Crippen molar-refractivity contribution < 1.29 is 9.53 Å². The van der Waals surface area contributed by atoms with Gasteiger partial charge in [0.1, 0.15) is 12.4 Å². The van der Waals surface area contributed by atoms with Crippen molar-refractivity contribution in [1.29, 1.82) is 0 Å². The Balaban J connectivity index is 1.56. The van der Waals surface area contributed by atoms with E-state index >= 15 is 0 Å². The molecule has 2 N–H and O–H groups in total. The van der Waals surface area contributed by atoms with Crippen LogP contribution in [-0.2, 0) is 23.1 Å². The first-order chi connectivity index (χ1) is 14.1. The number of likely N-dealkylation sites (tertiary alicyclic amines) is 1. The molecule has 1 unspecified atom stereocenters. The number of rotatable bonds is 8. The Morgan fingerprint density at radius 2 is 2.07 bits per heavy atom. The van der Waals surface area contributed by atoms with Gasteiger partial charge in [-0.2, -0.15) is 0 Å². The van der Waals surface area contributed by atoms with E-state index in [1.54, 1.807) is 7.11 Å². The Morgan fingerprint density at radius 3 is 2.76 bits per heavy atom. The third kappa shape index (κ3) is 5.91. The molecule has 162 valence electrons. The highest BCUT2D eigenvalue weighted by molar-refractivity contribution is 5.81. The van der Waals surface area contributed by atoms with Crippen LogP contribution in [0.1, 0.15) is 50.2 Å². The average Bonchev–Trinajstić information content (AvgIpc) is 3.47. The number of hydrogen-bond acceptors (Lipinski definition) is 5. The molecule has 1 atom stereocenters. The molecule has 1 saturated carbocycles. The monoisotopic (exact) mass is 405 g/mol. The lowest BCUT2D eigenvalue weighted by Crippen LogP contribution is -2.46. The van der Waals surface area contributed by atoms with Crippen molar-refractivity contribution in [3.63, 3.8) is 0 Å². The third-order valence-corrected chi connectivity index (χ3v) is 5.92. The van der Waals surface area contributed by atoms with Gasteiger partial charge in [-0.05, 0) is 32.6 Å². The third-order valence-electron chi connectivity index (χ3n) is 5.92. The molecule has 0 aromatic carbocycles. The van der Waals surface area contributed by atoms with Gasteiger partial charge < -0.3 is 24.8 Å². The summed E-state index contributed by atoms with van der Waals surface area (Å²) < 4.78 is 7.08. The molecule has 1 aliphatic carbocycles. The van der Waals surface area contributed by atoms with E-state index in [-0.39, 0.29) is 12.0 Å². The van der Waals surface area contributed by atoms with Crippen molar-refractivity contribution in [1.82, 2.24) is 30.3 Å². The number of amides is 1. The maximum atomic E-state index is 12.7. The summed E-state index contributed by atoms with van der Waals surface area (Å²) in [4.78, 5) is 19.4. The van der Waals surface area contributed by atoms with Gasteiger partial charge in [0.15, 0.2) is 11.8 Å². The van der Waals surface area contributed by atoms with Gasteiger partial charge in [-0.25, -0.2) is 4.99 Å². The predicted molar refractivity (Wildman–Crippen MR) is 111 cm³/mol. The van der Waals surface area contributed by atoms with E-state index in [1.165, 1.54) is 12.8 Å². The summed E-state index contributed by atoms with van der Waals surface area (Å²) in [6.45, 7) is 5.43. The predicted octanol–water partition coefficient (Wildman–Crippen LogP) is 0.986. The van der Waals surface area contributed by atoms with Crippen molar-refractivity contribution >= 4 is 11.9 Å². The summed E-state index contributed by atoms with van der Waals surface area (Å²) in [7, 11) is 3.65. The van der Waals surface area contributed by atoms with Gasteiger partial charge >= 0.3 is 0 Å². The number of nitrogens with one attached hydrogen (secondary N) is 2. The van der Waals surface area contributed by atoms with E-state index in [4.69, 9.17) is 9.73 Å². The van der Waals surface area contributed by atoms with Gasteiger partial charge in [-0.3, -0.25) is 4.79 Å². The number of hydrogen-bond donors (Lipinski definition) is 2. The van der Waals surface area contributed by atoms with Gasteiger partial charge in [0.05, 0.1) is 0 Å². The van der Waals surface area contributed by atoms with Crippen molar-refractivity contribution in [2.45, 2.75) is 58.0 Å². The molecule has 0 radical (unpaired) electrons. The fourth-order valence-corrected chi connectivity index (χ4v) is 4.02. The topological polar surface area (TPSA) is 96.7 Å². The van der Waals surface area contributed by atoms with E-state index < -0.39 is 0 Å². The Bertz CT molecular complexity index is 697. The quantitative estimate of drug-likeness (QED) is 0.380. The van der Waals surface area contributed by atoms with Crippen LogP contribution in [0.3, 0.4) is 0 Å². The van der Waals surface area contributed by atoms with Crippen LogP contribution in [-0.4, -0.2) is 70.9 Å². The maximum absolute atomic E-state index is 12.7. The molecule has 1 saturated heterocycles. The summed E-state index contributed by atoms with van der Waals surface area (Å²) in [6.07, 6.45) is 6.33. The summed E-state index contributed by atoms with van der Waals surface area (Å²) in [6, 6.07) is 0.218. The first kappa shape index (κ1) is 21.5. The highest BCUT2D eigenvalue weighted by atomic mass is 16.5. The molecule has 2 aliphatic rings. The number of guanidine groups is 1. The molecule has 1 aromatic heterocycles. The molecule has 2 fully saturated rings. The number of aromatic nitrogens is 3. The molecule has 0 spiro atoms. The molecular formula is C20H35N7O2. The summed E-state index contributed by atoms with van der Waals surface area (Å²) in [5.41, 5.74) is 0. The van der Waals surface area contributed by atoms with E-state index in [9.17, 15) is 4.79 Å². The second kappa shape index (κ2) is 10.6. The van der Waals surface area contributed by atoms with Crippen LogP contribution in [0, 0.1) is 12.8 Å². The summed E-state index contributed by atoms with van der Waals surface area (Å²) in [5, 5.41) is 15.2. The number of aryl methyl sites for hydroxylation is 1. The molecule has 0 bridgehead atoms. The zero-order chi connectivity index (χ0) is 20.6. The largest absolute Gasteiger partial charge is 0.385 e. The van der Waals surface area contributed by atoms with Gasteiger partial charge in [0.25, 0.3) is 0 Å². The van der Waals surface area contributed by atoms with Crippen LogP contribution in [0.15, 0.2) is 4.99 Å². The minimum absolute atomic E-state index is 0.218. The van der Waals surface area contributed by atoms with Crippen LogP contribution < -0.4 is 10.6 Å². The number of aliphatic imine (C=N–C) groups is 1. The number of carbonyl (C=O) groups excluding carboxylic acids is 1. The first-order valence-electron chi connectivity index (χ1n) is 10.8. The normalized spacial score (nSPS) is 20.4. The molecular weight excluding hydrogens is 370 g/mol. The second-order valence-corrected chi connectivity index (χ2v) is 8.06. The zero-order valence-corrected chi connectivity index (χ0v) is 18.0. The standard InChI is InChI=1S/C20H35N7O2/c1-15-24-25-18(26(15)2)13-22-20(21-10-6-12-29-3)23-17-9-11-27(14-17)19(28)16-7-4-5-8-16/h16-17H,4-14H2,1-3H3,(H2,21,22,23). The first-order valence-corrected chi connectivity index (χ1v) is 10.8. The lowest BCUT2D eigenvalue weighted by atomic mass is 10.1. The smallest absolute Gasteiger partial charge is 0.225 e. The Morgan fingerprint density at radius 1 is 1.28 bits per heavy atom. The van der Waals surface area contributed by atoms with Gasteiger partial charge in [0, 0.05) is 52.4 Å². The lowest BCUT2D eigenvalue weighted by Gasteiger charge is -2.21. The number of nitrogens with zero attached hydrogens (tertiary/aromatic N) is 5. The van der Waals surface area contributed by atoms with Crippen LogP contribution in [0.2, 0.25) is 0 Å². The van der Waals surface area contributed by atoms with Crippen LogP contribution in [0.25, 0.3) is 0 Å². The van der Waals surface area contributed by atoms with Crippen LogP contribution in [0.4, 0.5) is 0 Å². The second-order valence-electron chi connectivity index (χ2n) is 8.06. The van der Waals surface area contributed by atoms with Crippen LogP contribution >= 0.6 is 0 Å². The van der Waals surface area contributed by atoms with E-state index in [1.807, 2.05) is 23.4 Å². The molecule has 29 heavy (non-hydrogen) atoms. The molecule has 2 heterocycles. The van der Waals surface area contributed by atoms with Crippen molar-refractivity contribution in [3.8, 4) is 0 Å². The minimum Gasteiger partial charge on any atom is -0.385 e. The summed E-state index contributed by atoms with van der Waals surface area (Å²) in [5.74, 6) is 3.03. The van der Waals surface area contributed by atoms with Gasteiger partial charge in [-0.15, -0.1) is 10.2 Å². The molecule has 1 aliphatic heterocycles. The molecule has 1 aromatic rings. The number of ether oxygens (including phenoxy) is 1. The van der Waals surface area contributed by atoms with Crippen molar-refractivity contribution in [2.75, 3.05) is 33.4 Å². The number of carbonyl (C=O) groups is 1. The highest BCUT2D eigenvalue weighted by Crippen LogP contribution is 2.27. The fraction of sp³-hybridized carbons (Fsp3) is 0.800. The molecule has 9 nitrogen and oxygen atoms in total. The highest BCUT2D eigenvalue weighted by Gasteiger charge is 2.32. The van der Waals surface area contributed by atoms with Crippen molar-refractivity contribution in [3.05, 3.63) is 11.6 Å². The average molecular weight is 406 g/mol. The van der Waals surface area contributed by atoms with E-state index in [2.05, 4.69) is 20.8 Å². The fourth-order valence-electron chi connectivity index (χ4n) is 4.02. The van der Waals surface area contributed by atoms with Crippen LogP contribution in [0.5, 0.6) is 0 Å². The lowest BCUT2D eigenvalue weighted by molar-refractivity contribution is -0.134. The summed E-state index contributed by atoms with van der Waals surface area (Å²) >= 11 is 0. The van der Waals surface area contributed by atoms with E-state index in [0.29, 0.717) is 19.1 Å². The minimum atomic E-state index is 0.218. The van der Waals surface area contributed by atoms with Gasteiger partial charge in [-0.1, -0.05) is 12.8 Å². The molecule has 9 heteroatoms. The SMILES string of the molecule is COCCCNC(=NCc1nnc(C)n1C)NC1CCN(C(=O)C2CCCC2)C1. The maximum Gasteiger partial charge on any atom is 0.225 e. The zero-order valence-electron chi connectivity index (χ0n) is 18.0. The Kier molecular flexibility index (Phi) is 7.85. The molecule has 1 amide bonds. The van der Waals surface area contributed by atoms with Gasteiger partial charge in [0.2, 0.25) is 5.91 Å².